The van der Waals surface area contributed by atoms with Crippen molar-refractivity contribution in [1.29, 1.82) is 0 Å². The molecule has 2 heteroatoms. The molecule has 1 rings (SSSR count). The molecule has 1 aliphatic heterocycles. The molecule has 1 fully saturated rings. The lowest BCUT2D eigenvalue weighted by Gasteiger charge is -2.50. The van der Waals surface area contributed by atoms with Gasteiger partial charge in [-0.15, -0.1) is 0 Å². The van der Waals surface area contributed by atoms with Crippen molar-refractivity contribution in [3.05, 3.63) is 0 Å². The Labute approximate surface area is 82.3 Å². The van der Waals surface area contributed by atoms with Crippen molar-refractivity contribution in [2.24, 2.45) is 0 Å². The Bertz CT molecular complexity index is 185. The molecule has 78 valence electrons. The maximum atomic E-state index is 5.82. The van der Waals surface area contributed by atoms with Crippen LogP contribution in [0.15, 0.2) is 0 Å². The maximum Gasteiger partial charge on any atom is 0.0754 e. The van der Waals surface area contributed by atoms with E-state index in [1.807, 2.05) is 0 Å². The predicted molar refractivity (Wildman–Crippen MR) is 56.0 cm³/mol. The average Bonchev–Trinajstić information content (AvgIpc) is 1.95. The van der Waals surface area contributed by atoms with Crippen molar-refractivity contribution < 1.29 is 4.74 Å². The Morgan fingerprint density at radius 1 is 1.15 bits per heavy atom. The number of nitrogens with zero attached hydrogens (tertiary/aromatic N) is 1. The first-order valence-corrected chi connectivity index (χ1v) is 5.15. The van der Waals surface area contributed by atoms with E-state index in [1.165, 1.54) is 0 Å². The highest BCUT2D eigenvalue weighted by Crippen LogP contribution is 2.29. The third kappa shape index (κ3) is 2.44. The minimum absolute atomic E-state index is 0.0137. The van der Waals surface area contributed by atoms with Gasteiger partial charge in [0.05, 0.1) is 12.2 Å². The zero-order valence-corrected chi connectivity index (χ0v) is 9.85. The molecule has 0 aromatic heterocycles. The molecule has 0 amide bonds. The zero-order chi connectivity index (χ0) is 10.3. The number of hydrogen-bond acceptors (Lipinski definition) is 2. The van der Waals surface area contributed by atoms with Crippen molar-refractivity contribution >= 4 is 0 Å². The monoisotopic (exact) mass is 185 g/mol. The average molecular weight is 185 g/mol. The summed E-state index contributed by atoms with van der Waals surface area (Å²) in [6.07, 6.45) is 0. The Kier molecular flexibility index (Phi) is 2.75. The molecule has 13 heavy (non-hydrogen) atoms. The van der Waals surface area contributed by atoms with Crippen LogP contribution in [0.3, 0.4) is 0 Å². The van der Waals surface area contributed by atoms with E-state index in [2.05, 4.69) is 46.4 Å². The Morgan fingerprint density at radius 3 is 2.08 bits per heavy atom. The van der Waals surface area contributed by atoms with Crippen molar-refractivity contribution in [3.63, 3.8) is 0 Å². The van der Waals surface area contributed by atoms with Crippen LogP contribution in [0, 0.1) is 0 Å². The van der Waals surface area contributed by atoms with Crippen molar-refractivity contribution in [3.8, 4) is 0 Å². The van der Waals surface area contributed by atoms with Crippen LogP contribution in [0.4, 0.5) is 0 Å². The molecule has 0 aliphatic carbocycles. The third-order valence-electron chi connectivity index (χ3n) is 2.77. The highest BCUT2D eigenvalue weighted by molar-refractivity contribution is 4.93. The predicted octanol–water partition coefficient (Wildman–Crippen LogP) is 2.28. The van der Waals surface area contributed by atoms with Crippen LogP contribution in [0.5, 0.6) is 0 Å². The maximum absolute atomic E-state index is 5.82. The Balaban J connectivity index is 2.76. The molecular weight excluding hydrogens is 162 g/mol. The normalized spacial score (nSPS) is 27.9. The highest BCUT2D eigenvalue weighted by Gasteiger charge is 2.39. The van der Waals surface area contributed by atoms with Crippen LogP contribution >= 0.6 is 0 Å². The quantitative estimate of drug-likeness (QED) is 0.621. The minimum atomic E-state index is 0.0137. The van der Waals surface area contributed by atoms with Crippen LogP contribution in [-0.4, -0.2) is 35.2 Å². The number of rotatable bonds is 1. The van der Waals surface area contributed by atoms with Gasteiger partial charge >= 0.3 is 0 Å². The zero-order valence-electron chi connectivity index (χ0n) is 9.85. The molecule has 1 heterocycles. The van der Waals surface area contributed by atoms with Gasteiger partial charge in [-0.3, -0.25) is 4.90 Å². The highest BCUT2D eigenvalue weighted by atomic mass is 16.5. The van der Waals surface area contributed by atoms with Crippen LogP contribution in [0.2, 0.25) is 0 Å². The smallest absolute Gasteiger partial charge is 0.0754 e. The third-order valence-corrected chi connectivity index (χ3v) is 2.77. The lowest BCUT2D eigenvalue weighted by Crippen LogP contribution is -2.61. The molecule has 0 spiro atoms. The van der Waals surface area contributed by atoms with Gasteiger partial charge < -0.3 is 4.74 Å². The topological polar surface area (TPSA) is 12.5 Å². The molecule has 0 unspecified atom stereocenters. The van der Waals surface area contributed by atoms with Crippen LogP contribution in [-0.2, 0) is 4.74 Å². The van der Waals surface area contributed by atoms with Crippen molar-refractivity contribution in [2.45, 2.75) is 58.7 Å². The number of hydrogen-bond donors (Lipinski definition) is 0. The lowest BCUT2D eigenvalue weighted by atomic mass is 9.94. The molecule has 0 N–H and O–H groups in total. The van der Waals surface area contributed by atoms with E-state index >= 15 is 0 Å². The van der Waals surface area contributed by atoms with E-state index in [9.17, 15) is 0 Å². The van der Waals surface area contributed by atoms with Crippen molar-refractivity contribution in [1.82, 2.24) is 4.90 Å². The molecule has 0 radical (unpaired) electrons. The van der Waals surface area contributed by atoms with Crippen LogP contribution in [0.1, 0.15) is 41.5 Å². The largest absolute Gasteiger partial charge is 0.372 e. The van der Waals surface area contributed by atoms with Gasteiger partial charge in [-0.25, -0.2) is 0 Å². The first-order valence-electron chi connectivity index (χ1n) is 5.15. The summed E-state index contributed by atoms with van der Waals surface area (Å²) in [5, 5.41) is 0. The van der Waals surface area contributed by atoms with Gasteiger partial charge in [0.15, 0.2) is 0 Å². The van der Waals surface area contributed by atoms with Gasteiger partial charge in [0.1, 0.15) is 0 Å². The first kappa shape index (κ1) is 11.0. The van der Waals surface area contributed by atoms with Gasteiger partial charge in [0, 0.05) is 18.1 Å². The molecule has 0 aromatic carbocycles. The summed E-state index contributed by atoms with van der Waals surface area (Å²) in [7, 11) is 0. The molecule has 0 aromatic rings. The Hall–Kier alpha value is -0.0800. The standard InChI is InChI=1S/C11H23NO/c1-9(2)12-7-11(5,6)13-8-10(12,3)4/h9H,7-8H2,1-6H3. The fraction of sp³-hybridized carbons (Fsp3) is 1.00. The van der Waals surface area contributed by atoms with Crippen LogP contribution in [0.25, 0.3) is 0 Å². The summed E-state index contributed by atoms with van der Waals surface area (Å²) in [6.45, 7) is 15.2. The summed E-state index contributed by atoms with van der Waals surface area (Å²) in [6, 6.07) is 0.596. The molecule has 1 saturated heterocycles. The van der Waals surface area contributed by atoms with E-state index in [-0.39, 0.29) is 11.1 Å². The van der Waals surface area contributed by atoms with E-state index in [0.717, 1.165) is 13.2 Å². The summed E-state index contributed by atoms with van der Waals surface area (Å²) in [5.74, 6) is 0. The van der Waals surface area contributed by atoms with Gasteiger partial charge in [-0.05, 0) is 41.5 Å². The molecule has 2 nitrogen and oxygen atoms in total. The number of morpholine rings is 1. The second-order valence-electron chi connectivity index (χ2n) is 5.58. The fourth-order valence-electron chi connectivity index (χ4n) is 2.01. The first-order chi connectivity index (χ1) is 5.75. The van der Waals surface area contributed by atoms with Crippen molar-refractivity contribution in [2.75, 3.05) is 13.2 Å². The van der Waals surface area contributed by atoms with Gasteiger partial charge in [0.2, 0.25) is 0 Å². The summed E-state index contributed by atoms with van der Waals surface area (Å²) >= 11 is 0. The fourth-order valence-corrected chi connectivity index (χ4v) is 2.01. The van der Waals surface area contributed by atoms with E-state index in [0.29, 0.717) is 6.04 Å². The Morgan fingerprint density at radius 2 is 1.69 bits per heavy atom. The van der Waals surface area contributed by atoms with E-state index < -0.39 is 0 Å². The summed E-state index contributed by atoms with van der Waals surface area (Å²) < 4.78 is 5.82. The number of ether oxygens (including phenoxy) is 1. The van der Waals surface area contributed by atoms with Gasteiger partial charge in [-0.1, -0.05) is 0 Å². The minimum Gasteiger partial charge on any atom is -0.372 e. The second kappa shape index (κ2) is 3.25. The molecule has 0 saturated carbocycles. The molecule has 0 bridgehead atoms. The second-order valence-corrected chi connectivity index (χ2v) is 5.58. The molecular formula is C11H23NO. The van der Waals surface area contributed by atoms with E-state index in [4.69, 9.17) is 4.74 Å². The van der Waals surface area contributed by atoms with Gasteiger partial charge in [-0.2, -0.15) is 0 Å². The van der Waals surface area contributed by atoms with E-state index in [1.54, 1.807) is 0 Å². The lowest BCUT2D eigenvalue weighted by molar-refractivity contribution is -0.152. The SMILES string of the molecule is CC(C)N1CC(C)(C)OCC1(C)C. The van der Waals surface area contributed by atoms with Crippen LogP contribution < -0.4 is 0 Å². The molecule has 0 atom stereocenters. The summed E-state index contributed by atoms with van der Waals surface area (Å²) in [5.41, 5.74) is 0.198. The molecule has 1 aliphatic rings. The summed E-state index contributed by atoms with van der Waals surface area (Å²) in [4.78, 5) is 2.52. The van der Waals surface area contributed by atoms with Gasteiger partial charge in [0.25, 0.3) is 0 Å².